The van der Waals surface area contributed by atoms with Gasteiger partial charge in [0.25, 0.3) is 0 Å². The number of nitrogens with zero attached hydrogens (tertiary/aromatic N) is 1. The third-order valence-electron chi connectivity index (χ3n) is 3.91. The van der Waals surface area contributed by atoms with Crippen molar-refractivity contribution in [2.75, 3.05) is 32.7 Å². The normalized spacial score (nSPS) is 10.8. The van der Waals surface area contributed by atoms with Crippen LogP contribution in [0, 0.1) is 0 Å². The minimum Gasteiger partial charge on any atom is -0.493 e. The van der Waals surface area contributed by atoms with Gasteiger partial charge in [-0.2, -0.15) is 0 Å². The molecule has 0 unspecified atom stereocenters. The van der Waals surface area contributed by atoms with Crippen LogP contribution >= 0.6 is 24.0 Å². The van der Waals surface area contributed by atoms with Crippen LogP contribution in [0.4, 0.5) is 5.69 Å². The summed E-state index contributed by atoms with van der Waals surface area (Å²) < 4.78 is 16.1. The Morgan fingerprint density at radius 2 is 1.61 bits per heavy atom. The molecule has 0 aromatic heterocycles. The van der Waals surface area contributed by atoms with Crippen molar-refractivity contribution in [1.82, 2.24) is 5.32 Å². The lowest BCUT2D eigenvalue weighted by molar-refractivity contribution is 0.134. The van der Waals surface area contributed by atoms with Crippen molar-refractivity contribution in [2.45, 2.75) is 27.0 Å². The van der Waals surface area contributed by atoms with Crippen LogP contribution in [0.2, 0.25) is 0 Å². The highest BCUT2D eigenvalue weighted by Gasteiger charge is 2.06. The molecule has 0 atom stereocenters. The Labute approximate surface area is 184 Å². The molecule has 0 fully saturated rings. The quantitative estimate of drug-likeness (QED) is 0.304. The molecule has 0 spiro atoms. The van der Waals surface area contributed by atoms with Crippen LogP contribution in [-0.4, -0.2) is 33.3 Å². The van der Waals surface area contributed by atoms with Gasteiger partial charge in [0, 0.05) is 24.9 Å². The first-order chi connectivity index (χ1) is 13.2. The lowest BCUT2D eigenvalue weighted by Crippen LogP contribution is -2.30. The Hall–Kier alpha value is -2.00. The second-order valence-corrected chi connectivity index (χ2v) is 5.84. The van der Waals surface area contributed by atoms with Gasteiger partial charge in [-0.3, -0.25) is 0 Å². The van der Waals surface area contributed by atoms with Crippen molar-refractivity contribution >= 4 is 35.6 Å². The van der Waals surface area contributed by atoms with Crippen LogP contribution in [0.3, 0.4) is 0 Å². The number of nitrogens with one attached hydrogen (secondary N) is 2. The third-order valence-corrected chi connectivity index (χ3v) is 3.91. The highest BCUT2D eigenvalue weighted by molar-refractivity contribution is 14.0. The predicted molar refractivity (Wildman–Crippen MR) is 125 cm³/mol. The van der Waals surface area contributed by atoms with E-state index in [9.17, 15) is 0 Å². The maximum Gasteiger partial charge on any atom is 0.196 e. The van der Waals surface area contributed by atoms with E-state index in [2.05, 4.69) is 39.9 Å². The van der Waals surface area contributed by atoms with E-state index in [1.54, 1.807) is 14.2 Å². The Bertz CT molecular complexity index is 736. The van der Waals surface area contributed by atoms with E-state index in [1.165, 1.54) is 5.56 Å². The zero-order valence-corrected chi connectivity index (χ0v) is 19.3. The van der Waals surface area contributed by atoms with Gasteiger partial charge in [-0.25, -0.2) is 4.99 Å². The van der Waals surface area contributed by atoms with Crippen LogP contribution in [0.25, 0.3) is 0 Å². The van der Waals surface area contributed by atoms with Gasteiger partial charge in [-0.1, -0.05) is 24.3 Å². The molecule has 0 aliphatic carbocycles. The predicted octanol–water partition coefficient (Wildman–Crippen LogP) is 4.44. The van der Waals surface area contributed by atoms with Gasteiger partial charge in [-0.15, -0.1) is 24.0 Å². The second kappa shape index (κ2) is 13.2. The second-order valence-electron chi connectivity index (χ2n) is 5.84. The number of halogens is 1. The van der Waals surface area contributed by atoms with Gasteiger partial charge in [0.05, 0.1) is 27.4 Å². The van der Waals surface area contributed by atoms with E-state index in [1.807, 2.05) is 32.0 Å². The maximum absolute atomic E-state index is 5.42. The number of hydrogen-bond acceptors (Lipinski definition) is 4. The zero-order chi connectivity index (χ0) is 19.5. The van der Waals surface area contributed by atoms with Crippen molar-refractivity contribution in [2.24, 2.45) is 4.99 Å². The van der Waals surface area contributed by atoms with Crippen LogP contribution in [0.1, 0.15) is 25.0 Å². The molecule has 0 amide bonds. The Morgan fingerprint density at radius 1 is 0.929 bits per heavy atom. The van der Waals surface area contributed by atoms with Gasteiger partial charge < -0.3 is 24.8 Å². The van der Waals surface area contributed by atoms with Crippen LogP contribution < -0.4 is 20.1 Å². The van der Waals surface area contributed by atoms with Gasteiger partial charge >= 0.3 is 0 Å². The molecule has 0 saturated heterocycles. The van der Waals surface area contributed by atoms with E-state index in [0.717, 1.165) is 24.4 Å². The minimum absolute atomic E-state index is 0. The lowest BCUT2D eigenvalue weighted by atomic mass is 10.1. The highest BCUT2D eigenvalue weighted by Crippen LogP contribution is 2.29. The monoisotopic (exact) mass is 499 g/mol. The Kier molecular flexibility index (Phi) is 11.4. The number of guanidine groups is 1. The SMILES string of the molecule is CCNC(=NCc1ccc(COCC)cc1)Nc1ccc(OC)c(OC)c1.I. The van der Waals surface area contributed by atoms with E-state index >= 15 is 0 Å². The molecule has 2 aromatic rings. The largest absolute Gasteiger partial charge is 0.493 e. The summed E-state index contributed by atoms with van der Waals surface area (Å²) in [6, 6.07) is 14.0. The summed E-state index contributed by atoms with van der Waals surface area (Å²) in [4.78, 5) is 4.66. The van der Waals surface area contributed by atoms with Crippen LogP contribution in [-0.2, 0) is 17.9 Å². The van der Waals surface area contributed by atoms with Gasteiger partial charge in [0.2, 0.25) is 0 Å². The molecule has 0 bridgehead atoms. The topological polar surface area (TPSA) is 64.1 Å². The summed E-state index contributed by atoms with van der Waals surface area (Å²) in [6.45, 7) is 6.75. The first-order valence-electron chi connectivity index (χ1n) is 9.13. The molecule has 28 heavy (non-hydrogen) atoms. The molecular formula is C21H30IN3O3. The molecule has 6 nitrogen and oxygen atoms in total. The number of hydrogen-bond donors (Lipinski definition) is 2. The number of benzene rings is 2. The van der Waals surface area contributed by atoms with Gasteiger partial charge in [-0.05, 0) is 37.1 Å². The first-order valence-corrected chi connectivity index (χ1v) is 9.13. The summed E-state index contributed by atoms with van der Waals surface area (Å²) in [5.74, 6) is 2.07. The van der Waals surface area contributed by atoms with E-state index in [-0.39, 0.29) is 24.0 Å². The van der Waals surface area contributed by atoms with E-state index in [0.29, 0.717) is 30.6 Å². The Balaban J connectivity index is 0.00000392. The summed E-state index contributed by atoms with van der Waals surface area (Å²) in [5.41, 5.74) is 3.18. The summed E-state index contributed by atoms with van der Waals surface area (Å²) in [7, 11) is 3.24. The zero-order valence-electron chi connectivity index (χ0n) is 17.0. The van der Waals surface area contributed by atoms with Crippen molar-refractivity contribution in [3.8, 4) is 11.5 Å². The first kappa shape index (κ1) is 24.0. The fourth-order valence-corrected chi connectivity index (χ4v) is 2.49. The standard InChI is InChI=1S/C21H29N3O3.HI/c1-5-22-21(24-18-11-12-19(25-3)20(13-18)26-4)23-14-16-7-9-17(10-8-16)15-27-6-2;/h7-13H,5-6,14-15H2,1-4H3,(H2,22,23,24);1H. The Morgan fingerprint density at radius 3 is 2.21 bits per heavy atom. The minimum atomic E-state index is 0. The highest BCUT2D eigenvalue weighted by atomic mass is 127. The third kappa shape index (κ3) is 7.55. The number of aliphatic imine (C=N–C) groups is 1. The fourth-order valence-electron chi connectivity index (χ4n) is 2.49. The molecular weight excluding hydrogens is 469 g/mol. The lowest BCUT2D eigenvalue weighted by Gasteiger charge is -2.14. The van der Waals surface area contributed by atoms with Crippen molar-refractivity contribution in [3.63, 3.8) is 0 Å². The molecule has 2 rings (SSSR count). The molecule has 154 valence electrons. The molecule has 2 N–H and O–H groups in total. The average molecular weight is 499 g/mol. The molecule has 0 heterocycles. The van der Waals surface area contributed by atoms with Crippen molar-refractivity contribution in [1.29, 1.82) is 0 Å². The maximum atomic E-state index is 5.42. The number of rotatable bonds is 9. The van der Waals surface area contributed by atoms with Crippen LogP contribution in [0.5, 0.6) is 11.5 Å². The summed E-state index contributed by atoms with van der Waals surface area (Å²) in [5, 5.41) is 6.55. The van der Waals surface area contributed by atoms with Crippen molar-refractivity contribution in [3.05, 3.63) is 53.6 Å². The van der Waals surface area contributed by atoms with Crippen molar-refractivity contribution < 1.29 is 14.2 Å². The molecule has 0 saturated carbocycles. The summed E-state index contributed by atoms with van der Waals surface area (Å²) in [6.07, 6.45) is 0. The molecule has 7 heteroatoms. The number of ether oxygens (including phenoxy) is 3. The molecule has 0 aliphatic heterocycles. The average Bonchev–Trinajstić information content (AvgIpc) is 2.71. The van der Waals surface area contributed by atoms with Gasteiger partial charge in [0.1, 0.15) is 0 Å². The smallest absolute Gasteiger partial charge is 0.196 e. The van der Waals surface area contributed by atoms with Gasteiger partial charge in [0.15, 0.2) is 17.5 Å². The molecule has 0 aliphatic rings. The fraction of sp³-hybridized carbons (Fsp3) is 0.381. The summed E-state index contributed by atoms with van der Waals surface area (Å²) >= 11 is 0. The van der Waals surface area contributed by atoms with E-state index in [4.69, 9.17) is 14.2 Å². The molecule has 0 radical (unpaired) electrons. The van der Waals surface area contributed by atoms with Crippen LogP contribution in [0.15, 0.2) is 47.5 Å². The number of methoxy groups -OCH3 is 2. The molecule has 2 aromatic carbocycles. The van der Waals surface area contributed by atoms with E-state index < -0.39 is 0 Å². The number of anilines is 1.